The molecule has 1 nitrogen and oxygen atoms in total. The Bertz CT molecular complexity index is 4760. The average Bonchev–Trinajstić information content (AvgIpc) is 4.20. The molecule has 0 spiro atoms. The number of aromatic nitrogens is 1. The van der Waals surface area contributed by atoms with Crippen LogP contribution < -0.4 is 0 Å². The van der Waals surface area contributed by atoms with Gasteiger partial charge in [-0.15, -0.1) is 22.7 Å². The summed E-state index contributed by atoms with van der Waals surface area (Å²) in [6.07, 6.45) is 0. The van der Waals surface area contributed by atoms with Crippen LogP contribution in [0.2, 0.25) is 0 Å². The van der Waals surface area contributed by atoms with Gasteiger partial charge in [0.25, 0.3) is 0 Å². The highest BCUT2D eigenvalue weighted by Gasteiger charge is 2.21. The first kappa shape index (κ1) is 42.4. The molecule has 16 rings (SSSR count). The highest BCUT2D eigenvalue weighted by Crippen LogP contribution is 2.47. The lowest BCUT2D eigenvalue weighted by atomic mass is 9.85. The van der Waals surface area contributed by atoms with Crippen LogP contribution in [0.5, 0.6) is 0 Å². The topological polar surface area (TPSA) is 4.93 Å². The van der Waals surface area contributed by atoms with E-state index in [0.717, 1.165) is 5.69 Å². The summed E-state index contributed by atoms with van der Waals surface area (Å²) in [4.78, 5) is 0. The molecule has 0 fully saturated rings. The molecule has 75 heavy (non-hydrogen) atoms. The molecule has 0 saturated carbocycles. The van der Waals surface area contributed by atoms with Gasteiger partial charge >= 0.3 is 0 Å². The van der Waals surface area contributed by atoms with Crippen LogP contribution in [0.15, 0.2) is 261 Å². The highest BCUT2D eigenvalue weighted by atomic mass is 32.1. The number of benzene rings is 13. The standard InChI is InChI=1S/C72H43NS2/c1-2-14-48-41-49(32-29-44(48)13-1)45-27-30-46(31-28-45)69-57-17-3-5-19-59(57)70(60-20-6-4-18-58(60)69)47-33-37-52(38-34-47)73-65-39-35-50(53-21-11-23-61-55-15-7-9-25-67(55)74-71(53)61)42-63(65)64-43-51(36-40-66(64)73)54-22-12-24-62-56-16-8-10-26-68(56)75-72(54)62/h1-43H. The van der Waals surface area contributed by atoms with E-state index in [0.29, 0.717) is 0 Å². The molecule has 3 heteroatoms. The van der Waals surface area contributed by atoms with Gasteiger partial charge in [-0.1, -0.05) is 206 Å². The van der Waals surface area contributed by atoms with Crippen LogP contribution in [0.3, 0.4) is 0 Å². The number of thiophene rings is 2. The van der Waals surface area contributed by atoms with Crippen molar-refractivity contribution in [3.8, 4) is 61.3 Å². The average molecular weight is 986 g/mol. The Balaban J connectivity index is 0.848. The van der Waals surface area contributed by atoms with E-state index in [1.165, 1.54) is 150 Å². The molecule has 0 atom stereocenters. The third-order valence-electron chi connectivity index (χ3n) is 15.8. The number of fused-ring (bicyclic) bond motifs is 12. The van der Waals surface area contributed by atoms with Crippen molar-refractivity contribution < 1.29 is 0 Å². The molecule has 348 valence electrons. The second kappa shape index (κ2) is 16.7. The zero-order valence-electron chi connectivity index (χ0n) is 40.6. The van der Waals surface area contributed by atoms with Gasteiger partial charge in [0.2, 0.25) is 0 Å². The lowest BCUT2D eigenvalue weighted by Crippen LogP contribution is -1.95. The first-order valence-electron chi connectivity index (χ1n) is 25.7. The zero-order valence-corrected chi connectivity index (χ0v) is 42.2. The van der Waals surface area contributed by atoms with E-state index in [1.807, 2.05) is 22.7 Å². The number of hydrogen-bond donors (Lipinski definition) is 0. The van der Waals surface area contributed by atoms with Crippen molar-refractivity contribution in [2.45, 2.75) is 0 Å². The van der Waals surface area contributed by atoms with Crippen molar-refractivity contribution in [3.63, 3.8) is 0 Å². The molecule has 0 aliphatic rings. The molecule has 0 saturated heterocycles. The summed E-state index contributed by atoms with van der Waals surface area (Å²) in [6.45, 7) is 0. The molecule has 3 heterocycles. The maximum absolute atomic E-state index is 2.48. The zero-order chi connectivity index (χ0) is 49.1. The second-order valence-corrected chi connectivity index (χ2v) is 22.0. The van der Waals surface area contributed by atoms with E-state index in [1.54, 1.807) is 0 Å². The van der Waals surface area contributed by atoms with Gasteiger partial charge in [-0.05, 0) is 143 Å². The van der Waals surface area contributed by atoms with E-state index in [9.17, 15) is 0 Å². The van der Waals surface area contributed by atoms with Gasteiger partial charge in [-0.3, -0.25) is 0 Å². The van der Waals surface area contributed by atoms with Crippen LogP contribution in [0, 0.1) is 0 Å². The van der Waals surface area contributed by atoms with Crippen LogP contribution in [0.4, 0.5) is 0 Å². The van der Waals surface area contributed by atoms with Crippen molar-refractivity contribution in [1.82, 2.24) is 4.57 Å². The summed E-state index contributed by atoms with van der Waals surface area (Å²) in [5, 5.41) is 15.3. The molecular formula is C72H43NS2. The summed E-state index contributed by atoms with van der Waals surface area (Å²) in [7, 11) is 0. The predicted molar refractivity (Wildman–Crippen MR) is 326 cm³/mol. The smallest absolute Gasteiger partial charge is 0.0541 e. The fourth-order valence-electron chi connectivity index (χ4n) is 12.3. The normalized spacial score (nSPS) is 12.0. The van der Waals surface area contributed by atoms with Crippen LogP contribution in [-0.4, -0.2) is 4.57 Å². The molecule has 0 bridgehead atoms. The maximum Gasteiger partial charge on any atom is 0.0541 e. The Kier molecular flexibility index (Phi) is 9.44. The van der Waals surface area contributed by atoms with Gasteiger partial charge in [-0.25, -0.2) is 0 Å². The summed E-state index contributed by atoms with van der Waals surface area (Å²) in [5.74, 6) is 0. The van der Waals surface area contributed by atoms with Crippen molar-refractivity contribution >= 4 is 117 Å². The largest absolute Gasteiger partial charge is 0.309 e. The van der Waals surface area contributed by atoms with Crippen molar-refractivity contribution in [1.29, 1.82) is 0 Å². The SMILES string of the molecule is c1ccc2cc(-c3ccc(-c4c5ccccc5c(-c5ccc(-n6c7ccc(-c8cccc9c8sc8ccccc89)cc7c7cc(-c8cccc9c8sc8ccccc89)ccc76)cc5)c5ccccc45)cc3)ccc2c1. The van der Waals surface area contributed by atoms with Crippen molar-refractivity contribution in [2.75, 3.05) is 0 Å². The van der Waals surface area contributed by atoms with E-state index < -0.39 is 0 Å². The first-order chi connectivity index (χ1) is 37.2. The molecule has 0 N–H and O–H groups in total. The lowest BCUT2D eigenvalue weighted by molar-refractivity contribution is 1.18. The van der Waals surface area contributed by atoms with Crippen molar-refractivity contribution in [2.24, 2.45) is 0 Å². The fourth-order valence-corrected chi connectivity index (χ4v) is 14.8. The molecule has 0 aliphatic carbocycles. The third-order valence-corrected chi connectivity index (χ3v) is 18.2. The minimum absolute atomic E-state index is 1.13. The Labute approximate surface area is 441 Å². The molecule has 0 amide bonds. The van der Waals surface area contributed by atoms with Gasteiger partial charge in [0.1, 0.15) is 0 Å². The Hall–Kier alpha value is -9.12. The summed E-state index contributed by atoms with van der Waals surface area (Å²) < 4.78 is 7.78. The lowest BCUT2D eigenvalue weighted by Gasteiger charge is -2.18. The number of rotatable bonds is 6. The van der Waals surface area contributed by atoms with Gasteiger partial charge in [0, 0.05) is 56.8 Å². The summed E-state index contributed by atoms with van der Waals surface area (Å²) >= 11 is 3.78. The quantitative estimate of drug-likeness (QED) is 0.146. The maximum atomic E-state index is 2.48. The van der Waals surface area contributed by atoms with Gasteiger partial charge in [0.15, 0.2) is 0 Å². The van der Waals surface area contributed by atoms with Gasteiger partial charge < -0.3 is 4.57 Å². The summed E-state index contributed by atoms with van der Waals surface area (Å²) in [6, 6.07) is 97.3. The second-order valence-electron chi connectivity index (χ2n) is 19.9. The summed E-state index contributed by atoms with van der Waals surface area (Å²) in [5.41, 5.74) is 15.9. The number of hydrogen-bond acceptors (Lipinski definition) is 2. The van der Waals surface area contributed by atoms with E-state index in [2.05, 4.69) is 265 Å². The van der Waals surface area contributed by atoms with E-state index in [-0.39, 0.29) is 0 Å². The molecule has 0 radical (unpaired) electrons. The van der Waals surface area contributed by atoms with Crippen LogP contribution in [-0.2, 0) is 0 Å². The molecular weight excluding hydrogens is 943 g/mol. The number of nitrogens with zero attached hydrogens (tertiary/aromatic N) is 1. The molecule has 16 aromatic rings. The monoisotopic (exact) mass is 985 g/mol. The third kappa shape index (κ3) is 6.62. The Morgan fingerprint density at radius 3 is 1.16 bits per heavy atom. The first-order valence-corrected chi connectivity index (χ1v) is 27.4. The predicted octanol–water partition coefficient (Wildman–Crippen LogP) is 21.3. The van der Waals surface area contributed by atoms with E-state index in [4.69, 9.17) is 0 Å². The van der Waals surface area contributed by atoms with Crippen LogP contribution in [0.25, 0.3) is 156 Å². The van der Waals surface area contributed by atoms with Gasteiger partial charge in [0.05, 0.1) is 11.0 Å². The van der Waals surface area contributed by atoms with Crippen LogP contribution in [0.1, 0.15) is 0 Å². The minimum atomic E-state index is 1.13. The fraction of sp³-hybridized carbons (Fsp3) is 0. The molecule has 3 aromatic heterocycles. The minimum Gasteiger partial charge on any atom is -0.309 e. The van der Waals surface area contributed by atoms with Crippen LogP contribution >= 0.6 is 22.7 Å². The van der Waals surface area contributed by atoms with Crippen molar-refractivity contribution in [3.05, 3.63) is 261 Å². The van der Waals surface area contributed by atoms with Gasteiger partial charge in [-0.2, -0.15) is 0 Å². The molecule has 0 aliphatic heterocycles. The molecule has 13 aromatic carbocycles. The van der Waals surface area contributed by atoms with E-state index >= 15 is 0 Å². The Morgan fingerprint density at radius 2 is 0.640 bits per heavy atom. The molecule has 0 unspecified atom stereocenters. The highest BCUT2D eigenvalue weighted by molar-refractivity contribution is 7.26. The Morgan fingerprint density at radius 1 is 0.240 bits per heavy atom.